The molecule has 0 spiro atoms. The molecule has 1 aliphatic rings. The first kappa shape index (κ1) is 19.7. The van der Waals surface area contributed by atoms with Gasteiger partial charge < -0.3 is 14.8 Å². The molecule has 0 saturated heterocycles. The van der Waals surface area contributed by atoms with Gasteiger partial charge in [0.15, 0.2) is 0 Å². The van der Waals surface area contributed by atoms with Crippen molar-refractivity contribution < 1.29 is 14.3 Å². The van der Waals surface area contributed by atoms with Gasteiger partial charge in [0.05, 0.1) is 6.10 Å². The number of carbonyl (C=O) groups is 1. The van der Waals surface area contributed by atoms with E-state index in [4.69, 9.17) is 9.47 Å². The van der Waals surface area contributed by atoms with Crippen LogP contribution in [0, 0.1) is 0 Å². The van der Waals surface area contributed by atoms with Gasteiger partial charge in [-0.05, 0) is 38.3 Å². The fourth-order valence-electron chi connectivity index (χ4n) is 3.84. The zero-order chi connectivity index (χ0) is 19.3. The molecule has 2 aromatic rings. The number of nitrogens with one attached hydrogen (secondary N) is 1. The predicted octanol–water partition coefficient (Wildman–Crippen LogP) is 5.70. The normalized spacial score (nSPS) is 17.9. The average molecular weight is 370 g/mol. The summed E-state index contributed by atoms with van der Waals surface area (Å²) in [5, 5.41) is 5.16. The first-order valence-electron chi connectivity index (χ1n) is 10.1. The highest BCUT2D eigenvalue weighted by Crippen LogP contribution is 2.35. The third-order valence-electron chi connectivity index (χ3n) is 5.75. The van der Waals surface area contributed by atoms with Crippen molar-refractivity contribution in [1.82, 2.24) is 0 Å². The lowest BCUT2D eigenvalue weighted by Crippen LogP contribution is -2.44. The molecular weight excluding hydrogens is 338 g/mol. The van der Waals surface area contributed by atoms with Crippen molar-refractivity contribution in [3.63, 3.8) is 0 Å². The van der Waals surface area contributed by atoms with E-state index in [1.807, 2.05) is 36.4 Å². The Bertz CT molecular complexity index is 778. The lowest BCUT2D eigenvalue weighted by molar-refractivity contribution is -0.139. The van der Waals surface area contributed by atoms with Crippen LogP contribution in [0.2, 0.25) is 0 Å². The molecule has 0 radical (unpaired) electrons. The third kappa shape index (κ3) is 4.27. The maximum absolute atomic E-state index is 13.2. The number of fused-ring (bicyclic) bond motifs is 1. The molecule has 2 aromatic carbocycles. The minimum absolute atomic E-state index is 0.0346. The van der Waals surface area contributed by atoms with Crippen molar-refractivity contribution in [3.05, 3.63) is 36.4 Å². The third-order valence-corrected chi connectivity index (χ3v) is 5.75. The van der Waals surface area contributed by atoms with Crippen LogP contribution in [0.25, 0.3) is 10.8 Å². The number of anilines is 1. The van der Waals surface area contributed by atoms with Crippen molar-refractivity contribution in [2.75, 3.05) is 12.4 Å². The van der Waals surface area contributed by atoms with Crippen LogP contribution in [0.4, 0.5) is 5.69 Å². The van der Waals surface area contributed by atoms with Gasteiger partial charge in [-0.3, -0.25) is 4.79 Å². The number of carbonyl (C=O) groups excluding carboxylic acids is 1. The molecule has 3 rings (SSSR count). The van der Waals surface area contributed by atoms with Gasteiger partial charge in [0.25, 0.3) is 5.91 Å². The maximum Gasteiger partial charge on any atom is 0.256 e. The number of benzene rings is 2. The molecule has 1 fully saturated rings. The van der Waals surface area contributed by atoms with Crippen LogP contribution in [-0.4, -0.2) is 24.7 Å². The Morgan fingerprint density at radius 2 is 1.74 bits per heavy atom. The lowest BCUT2D eigenvalue weighted by Gasteiger charge is -2.30. The molecule has 0 aliphatic heterocycles. The van der Waals surface area contributed by atoms with E-state index in [1.165, 1.54) is 12.8 Å². The van der Waals surface area contributed by atoms with Crippen LogP contribution in [0.5, 0.6) is 5.75 Å². The van der Waals surface area contributed by atoms with Gasteiger partial charge in [0.1, 0.15) is 11.4 Å². The molecule has 146 valence electrons. The molecule has 4 heteroatoms. The van der Waals surface area contributed by atoms with Crippen molar-refractivity contribution in [2.45, 2.75) is 70.5 Å². The Kier molecular flexibility index (Phi) is 6.38. The summed E-state index contributed by atoms with van der Waals surface area (Å²) >= 11 is 0. The van der Waals surface area contributed by atoms with Crippen molar-refractivity contribution in [2.24, 2.45) is 0 Å². The standard InChI is InChI=1S/C23H31NO3/c1-4-17(2)27-21-14-13-20(18-11-7-8-12-19(18)21)24-22(25)23(26-3)15-9-5-6-10-16-23/h7-8,11-14,17H,4-6,9-10,15-16H2,1-3H3,(H,24,25). The summed E-state index contributed by atoms with van der Waals surface area (Å²) in [6.45, 7) is 4.18. The minimum Gasteiger partial charge on any atom is -0.490 e. The maximum atomic E-state index is 13.2. The Morgan fingerprint density at radius 3 is 2.37 bits per heavy atom. The molecule has 0 aromatic heterocycles. The molecule has 1 unspecified atom stereocenters. The van der Waals surface area contributed by atoms with Crippen molar-refractivity contribution in [3.8, 4) is 5.75 Å². The topological polar surface area (TPSA) is 47.6 Å². The first-order chi connectivity index (χ1) is 13.1. The molecular formula is C23H31NO3. The van der Waals surface area contributed by atoms with E-state index in [9.17, 15) is 4.79 Å². The highest BCUT2D eigenvalue weighted by molar-refractivity contribution is 6.06. The Balaban J connectivity index is 1.90. The predicted molar refractivity (Wildman–Crippen MR) is 110 cm³/mol. The van der Waals surface area contributed by atoms with Crippen LogP contribution in [0.15, 0.2) is 36.4 Å². The van der Waals surface area contributed by atoms with Gasteiger partial charge in [-0.1, -0.05) is 56.9 Å². The molecule has 0 bridgehead atoms. The van der Waals surface area contributed by atoms with E-state index < -0.39 is 5.60 Å². The smallest absolute Gasteiger partial charge is 0.256 e. The highest BCUT2D eigenvalue weighted by Gasteiger charge is 2.38. The molecule has 27 heavy (non-hydrogen) atoms. The van der Waals surface area contributed by atoms with E-state index in [1.54, 1.807) is 7.11 Å². The molecule has 0 heterocycles. The number of hydrogen-bond donors (Lipinski definition) is 1. The van der Waals surface area contributed by atoms with Crippen LogP contribution in [0.1, 0.15) is 58.8 Å². The SMILES string of the molecule is CCC(C)Oc1ccc(NC(=O)C2(OC)CCCCCC2)c2ccccc12. The fourth-order valence-corrected chi connectivity index (χ4v) is 3.84. The van der Waals surface area contributed by atoms with Crippen LogP contribution < -0.4 is 10.1 Å². The van der Waals surface area contributed by atoms with Crippen LogP contribution in [0.3, 0.4) is 0 Å². The van der Waals surface area contributed by atoms with Crippen molar-refractivity contribution in [1.29, 1.82) is 0 Å². The fraction of sp³-hybridized carbons (Fsp3) is 0.522. The number of amides is 1. The largest absolute Gasteiger partial charge is 0.490 e. The van der Waals surface area contributed by atoms with Crippen LogP contribution in [-0.2, 0) is 9.53 Å². The van der Waals surface area contributed by atoms with Crippen LogP contribution >= 0.6 is 0 Å². The second-order valence-electron chi connectivity index (χ2n) is 7.56. The van der Waals surface area contributed by atoms with E-state index in [2.05, 4.69) is 19.2 Å². The molecule has 1 N–H and O–H groups in total. The van der Waals surface area contributed by atoms with Gasteiger partial charge in [-0.15, -0.1) is 0 Å². The Morgan fingerprint density at radius 1 is 1.07 bits per heavy atom. The Hall–Kier alpha value is -2.07. The summed E-state index contributed by atoms with van der Waals surface area (Å²) in [7, 11) is 1.66. The summed E-state index contributed by atoms with van der Waals surface area (Å²) in [5.74, 6) is 0.821. The van der Waals surface area contributed by atoms with Gasteiger partial charge in [-0.25, -0.2) is 0 Å². The molecule has 1 atom stereocenters. The molecule has 1 amide bonds. The lowest BCUT2D eigenvalue weighted by atomic mass is 9.92. The van der Waals surface area contributed by atoms with Gasteiger partial charge in [0, 0.05) is 23.6 Å². The zero-order valence-electron chi connectivity index (χ0n) is 16.7. The molecule has 4 nitrogen and oxygen atoms in total. The van der Waals surface area contributed by atoms with E-state index >= 15 is 0 Å². The van der Waals surface area contributed by atoms with Crippen molar-refractivity contribution >= 4 is 22.4 Å². The minimum atomic E-state index is -0.719. The van der Waals surface area contributed by atoms with E-state index in [-0.39, 0.29) is 12.0 Å². The second kappa shape index (κ2) is 8.75. The van der Waals surface area contributed by atoms with Gasteiger partial charge >= 0.3 is 0 Å². The van der Waals surface area contributed by atoms with E-state index in [0.29, 0.717) is 0 Å². The number of rotatable bonds is 6. The second-order valence-corrected chi connectivity index (χ2v) is 7.56. The molecule has 1 aliphatic carbocycles. The van der Waals surface area contributed by atoms with E-state index in [0.717, 1.165) is 54.3 Å². The number of hydrogen-bond acceptors (Lipinski definition) is 3. The average Bonchev–Trinajstić information content (AvgIpc) is 2.96. The Labute approximate surface area is 162 Å². The van der Waals surface area contributed by atoms with Gasteiger partial charge in [-0.2, -0.15) is 0 Å². The monoisotopic (exact) mass is 369 g/mol. The quantitative estimate of drug-likeness (QED) is 0.665. The summed E-state index contributed by atoms with van der Waals surface area (Å²) in [6, 6.07) is 12.0. The summed E-state index contributed by atoms with van der Waals surface area (Å²) in [5.41, 5.74) is 0.0940. The number of methoxy groups -OCH3 is 1. The zero-order valence-corrected chi connectivity index (χ0v) is 16.7. The van der Waals surface area contributed by atoms with Gasteiger partial charge in [0.2, 0.25) is 0 Å². The summed E-state index contributed by atoms with van der Waals surface area (Å²) in [4.78, 5) is 13.2. The summed E-state index contributed by atoms with van der Waals surface area (Å²) < 4.78 is 11.8. The highest BCUT2D eigenvalue weighted by atomic mass is 16.5. The first-order valence-corrected chi connectivity index (χ1v) is 10.1. The number of ether oxygens (including phenoxy) is 2. The summed E-state index contributed by atoms with van der Waals surface area (Å²) in [6.07, 6.45) is 7.06. The molecule has 1 saturated carbocycles.